The zero-order valence-electron chi connectivity index (χ0n) is 9.38. The molecular weight excluding hydrogens is 170 g/mol. The van der Waals surface area contributed by atoms with Crippen LogP contribution in [0.25, 0.3) is 12.2 Å². The SMILES string of the molecule is CCc1cn(C(C)C)c2c1=CCCC=2. The quantitative estimate of drug-likeness (QED) is 0.670. The normalized spacial score (nSPS) is 14.9. The molecule has 2 rings (SSSR count). The Labute approximate surface area is 85.7 Å². The molecule has 1 heteroatoms. The van der Waals surface area contributed by atoms with Gasteiger partial charge in [-0.1, -0.05) is 19.1 Å². The minimum Gasteiger partial charge on any atom is -0.345 e. The first-order chi connectivity index (χ1) is 6.74. The fourth-order valence-corrected chi connectivity index (χ4v) is 2.22. The molecule has 0 saturated carbocycles. The van der Waals surface area contributed by atoms with Crippen LogP contribution >= 0.6 is 0 Å². The van der Waals surface area contributed by atoms with E-state index < -0.39 is 0 Å². The topological polar surface area (TPSA) is 4.93 Å². The van der Waals surface area contributed by atoms with E-state index in [0.29, 0.717) is 6.04 Å². The Bertz CT molecular complexity index is 435. The standard InChI is InChI=1S/C13H19N/c1-4-11-9-14(10(2)3)13-8-6-5-7-12(11)13/h7-10H,4-6H2,1-3H3. The lowest BCUT2D eigenvalue weighted by atomic mass is 10.1. The highest BCUT2D eigenvalue weighted by Crippen LogP contribution is 2.05. The predicted molar refractivity (Wildman–Crippen MR) is 61.6 cm³/mol. The lowest BCUT2D eigenvalue weighted by Gasteiger charge is -2.08. The number of aromatic nitrogens is 1. The number of nitrogens with zero attached hydrogens (tertiary/aromatic N) is 1. The molecule has 0 aromatic carbocycles. The number of rotatable bonds is 2. The third kappa shape index (κ3) is 1.41. The second kappa shape index (κ2) is 3.64. The maximum atomic E-state index is 2.41. The Morgan fingerprint density at radius 2 is 2.00 bits per heavy atom. The predicted octanol–water partition coefficient (Wildman–Crippen LogP) is 1.99. The van der Waals surface area contributed by atoms with Crippen LogP contribution in [0.3, 0.4) is 0 Å². The van der Waals surface area contributed by atoms with Crippen LogP contribution in [0.15, 0.2) is 6.20 Å². The summed E-state index contributed by atoms with van der Waals surface area (Å²) in [5, 5.41) is 2.94. The molecule has 0 fully saturated rings. The molecule has 0 unspecified atom stereocenters. The summed E-state index contributed by atoms with van der Waals surface area (Å²) in [6.07, 6.45) is 10.7. The number of aryl methyl sites for hydroxylation is 1. The summed E-state index contributed by atoms with van der Waals surface area (Å²) >= 11 is 0. The van der Waals surface area contributed by atoms with Crippen LogP contribution in [0.4, 0.5) is 0 Å². The van der Waals surface area contributed by atoms with Gasteiger partial charge in [0.05, 0.1) is 0 Å². The maximum absolute atomic E-state index is 2.41. The van der Waals surface area contributed by atoms with Gasteiger partial charge in [0.25, 0.3) is 0 Å². The van der Waals surface area contributed by atoms with Gasteiger partial charge < -0.3 is 4.57 Å². The van der Waals surface area contributed by atoms with Crippen molar-refractivity contribution >= 4 is 12.2 Å². The van der Waals surface area contributed by atoms with Gasteiger partial charge in [0, 0.05) is 17.6 Å². The van der Waals surface area contributed by atoms with E-state index >= 15 is 0 Å². The van der Waals surface area contributed by atoms with Gasteiger partial charge in [0.15, 0.2) is 0 Å². The molecule has 76 valence electrons. The Morgan fingerprint density at radius 3 is 2.64 bits per heavy atom. The van der Waals surface area contributed by atoms with E-state index in [1.54, 1.807) is 0 Å². The molecule has 0 aliphatic heterocycles. The molecule has 0 amide bonds. The lowest BCUT2D eigenvalue weighted by molar-refractivity contribution is 0.586. The van der Waals surface area contributed by atoms with Gasteiger partial charge in [0.1, 0.15) is 0 Å². The minimum absolute atomic E-state index is 0.576. The summed E-state index contributed by atoms with van der Waals surface area (Å²) < 4.78 is 2.41. The smallest absolute Gasteiger partial charge is 0.0441 e. The molecule has 1 nitrogen and oxygen atoms in total. The summed E-state index contributed by atoms with van der Waals surface area (Å²) in [6, 6.07) is 0.576. The Balaban J connectivity index is 2.72. The van der Waals surface area contributed by atoms with Gasteiger partial charge in [-0.15, -0.1) is 0 Å². The van der Waals surface area contributed by atoms with Crippen molar-refractivity contribution in [1.29, 1.82) is 0 Å². The summed E-state index contributed by atoms with van der Waals surface area (Å²) in [7, 11) is 0. The van der Waals surface area contributed by atoms with E-state index in [1.165, 1.54) is 29.0 Å². The lowest BCUT2D eigenvalue weighted by Crippen LogP contribution is -2.32. The largest absolute Gasteiger partial charge is 0.345 e. The van der Waals surface area contributed by atoms with Crippen molar-refractivity contribution in [2.75, 3.05) is 0 Å². The molecule has 1 aliphatic rings. The van der Waals surface area contributed by atoms with Gasteiger partial charge in [-0.25, -0.2) is 0 Å². The first-order valence-corrected chi connectivity index (χ1v) is 5.64. The summed E-state index contributed by atoms with van der Waals surface area (Å²) in [4.78, 5) is 0. The molecular formula is C13H19N. The summed E-state index contributed by atoms with van der Waals surface area (Å²) in [6.45, 7) is 6.74. The van der Waals surface area contributed by atoms with Crippen LogP contribution in [0.2, 0.25) is 0 Å². The van der Waals surface area contributed by atoms with Crippen LogP contribution in [-0.4, -0.2) is 4.57 Å². The van der Waals surface area contributed by atoms with E-state index in [0.717, 1.165) is 6.42 Å². The molecule has 0 spiro atoms. The molecule has 0 atom stereocenters. The first kappa shape index (κ1) is 9.57. The third-order valence-corrected chi connectivity index (χ3v) is 2.99. The zero-order valence-corrected chi connectivity index (χ0v) is 9.38. The van der Waals surface area contributed by atoms with Crippen LogP contribution < -0.4 is 10.6 Å². The fraction of sp³-hybridized carbons (Fsp3) is 0.538. The Hall–Kier alpha value is -0.980. The first-order valence-electron chi connectivity index (χ1n) is 5.64. The van der Waals surface area contributed by atoms with E-state index in [9.17, 15) is 0 Å². The molecule has 1 heterocycles. The van der Waals surface area contributed by atoms with Crippen molar-refractivity contribution in [2.24, 2.45) is 0 Å². The minimum atomic E-state index is 0.576. The summed E-state index contributed by atoms with van der Waals surface area (Å²) in [5.41, 5.74) is 1.50. The van der Waals surface area contributed by atoms with E-state index in [4.69, 9.17) is 0 Å². The molecule has 1 aromatic heterocycles. The third-order valence-electron chi connectivity index (χ3n) is 2.99. The van der Waals surface area contributed by atoms with Gasteiger partial charge in [-0.3, -0.25) is 0 Å². The molecule has 14 heavy (non-hydrogen) atoms. The van der Waals surface area contributed by atoms with Gasteiger partial charge in [-0.2, -0.15) is 0 Å². The fourth-order valence-electron chi connectivity index (χ4n) is 2.22. The number of hydrogen-bond acceptors (Lipinski definition) is 0. The second-order valence-corrected chi connectivity index (χ2v) is 4.29. The van der Waals surface area contributed by atoms with Crippen molar-refractivity contribution in [3.05, 3.63) is 22.3 Å². The van der Waals surface area contributed by atoms with E-state index in [-0.39, 0.29) is 0 Å². The molecule has 0 N–H and O–H groups in total. The van der Waals surface area contributed by atoms with Crippen LogP contribution in [0.1, 0.15) is 45.2 Å². The monoisotopic (exact) mass is 189 g/mol. The van der Waals surface area contributed by atoms with Crippen LogP contribution in [-0.2, 0) is 6.42 Å². The highest BCUT2D eigenvalue weighted by Gasteiger charge is 2.07. The number of fused-ring (bicyclic) bond motifs is 1. The Kier molecular flexibility index (Phi) is 2.49. The van der Waals surface area contributed by atoms with E-state index in [2.05, 4.69) is 43.7 Å². The van der Waals surface area contributed by atoms with Crippen LogP contribution in [0.5, 0.6) is 0 Å². The average molecular weight is 189 g/mol. The van der Waals surface area contributed by atoms with Gasteiger partial charge in [-0.05, 0) is 43.9 Å². The highest BCUT2D eigenvalue weighted by molar-refractivity contribution is 5.40. The van der Waals surface area contributed by atoms with Crippen molar-refractivity contribution in [3.63, 3.8) is 0 Å². The molecule has 0 saturated heterocycles. The summed E-state index contributed by atoms with van der Waals surface area (Å²) in [5.74, 6) is 0. The van der Waals surface area contributed by atoms with Crippen molar-refractivity contribution < 1.29 is 0 Å². The van der Waals surface area contributed by atoms with Gasteiger partial charge in [0.2, 0.25) is 0 Å². The maximum Gasteiger partial charge on any atom is 0.0441 e. The molecule has 0 radical (unpaired) electrons. The van der Waals surface area contributed by atoms with Crippen LogP contribution in [0, 0.1) is 0 Å². The molecule has 1 aliphatic carbocycles. The van der Waals surface area contributed by atoms with Crippen molar-refractivity contribution in [3.8, 4) is 0 Å². The molecule has 1 aromatic rings. The highest BCUT2D eigenvalue weighted by atomic mass is 15.0. The average Bonchev–Trinajstić information content (AvgIpc) is 2.56. The van der Waals surface area contributed by atoms with Crippen molar-refractivity contribution in [1.82, 2.24) is 4.57 Å². The number of hydrogen-bond donors (Lipinski definition) is 0. The van der Waals surface area contributed by atoms with Crippen molar-refractivity contribution in [2.45, 2.75) is 46.1 Å². The Morgan fingerprint density at radius 1 is 1.29 bits per heavy atom. The zero-order chi connectivity index (χ0) is 10.1. The second-order valence-electron chi connectivity index (χ2n) is 4.29. The van der Waals surface area contributed by atoms with E-state index in [1.807, 2.05) is 0 Å². The van der Waals surface area contributed by atoms with Gasteiger partial charge >= 0.3 is 0 Å². The molecule has 0 bridgehead atoms.